The number of thiazole rings is 1. The quantitative estimate of drug-likeness (QED) is 0.778. The highest BCUT2D eigenvalue weighted by Crippen LogP contribution is 2.20. The number of hydrogen-bond donors (Lipinski definition) is 1. The number of nitrogens with zero attached hydrogens (tertiary/aromatic N) is 2. The molecule has 104 valence electrons. The summed E-state index contributed by atoms with van der Waals surface area (Å²) in [5.41, 5.74) is 3.22. The van der Waals surface area contributed by atoms with Crippen LogP contribution in [0.3, 0.4) is 0 Å². The van der Waals surface area contributed by atoms with Gasteiger partial charge in [-0.05, 0) is 35.9 Å². The number of aliphatic hydroxyl groups is 1. The lowest BCUT2D eigenvalue weighted by Gasteiger charge is -2.04. The van der Waals surface area contributed by atoms with Crippen LogP contribution in [-0.4, -0.2) is 14.7 Å². The van der Waals surface area contributed by atoms with E-state index in [1.54, 1.807) is 11.3 Å². The predicted octanol–water partition coefficient (Wildman–Crippen LogP) is 3.59. The molecule has 0 spiro atoms. The van der Waals surface area contributed by atoms with Gasteiger partial charge in [-0.25, -0.2) is 4.98 Å². The van der Waals surface area contributed by atoms with E-state index in [4.69, 9.17) is 0 Å². The molecular formula is C16H18N2OS. The molecule has 0 aliphatic rings. The number of rotatable bonds is 5. The van der Waals surface area contributed by atoms with Gasteiger partial charge in [0, 0.05) is 17.1 Å². The third-order valence-corrected chi connectivity index (χ3v) is 4.37. The molecule has 3 nitrogen and oxygen atoms in total. The van der Waals surface area contributed by atoms with Gasteiger partial charge in [0.1, 0.15) is 0 Å². The molecule has 0 unspecified atom stereocenters. The molecule has 3 rings (SSSR count). The Kier molecular flexibility index (Phi) is 3.85. The van der Waals surface area contributed by atoms with Crippen molar-refractivity contribution >= 4 is 22.2 Å². The van der Waals surface area contributed by atoms with Crippen molar-refractivity contribution in [3.63, 3.8) is 0 Å². The van der Waals surface area contributed by atoms with Crippen molar-refractivity contribution in [2.24, 2.45) is 0 Å². The van der Waals surface area contributed by atoms with Gasteiger partial charge >= 0.3 is 0 Å². The Morgan fingerprint density at radius 3 is 3.00 bits per heavy atom. The van der Waals surface area contributed by atoms with Gasteiger partial charge in [0.2, 0.25) is 0 Å². The summed E-state index contributed by atoms with van der Waals surface area (Å²) in [4.78, 5) is 4.67. The zero-order chi connectivity index (χ0) is 13.9. The fourth-order valence-electron chi connectivity index (χ4n) is 2.39. The van der Waals surface area contributed by atoms with E-state index in [2.05, 4.69) is 46.3 Å². The molecule has 20 heavy (non-hydrogen) atoms. The number of aryl methyl sites for hydroxylation is 1. The van der Waals surface area contributed by atoms with Crippen molar-refractivity contribution in [3.05, 3.63) is 52.1 Å². The van der Waals surface area contributed by atoms with Crippen molar-refractivity contribution in [2.75, 3.05) is 0 Å². The lowest BCUT2D eigenvalue weighted by Crippen LogP contribution is -1.99. The summed E-state index contributed by atoms with van der Waals surface area (Å²) in [5.74, 6) is 0. The molecule has 0 aliphatic heterocycles. The Bertz CT molecular complexity index is 714. The zero-order valence-corrected chi connectivity index (χ0v) is 12.4. The van der Waals surface area contributed by atoms with Crippen LogP contribution in [0.4, 0.5) is 0 Å². The summed E-state index contributed by atoms with van der Waals surface area (Å²) in [5, 5.41) is 13.8. The average Bonchev–Trinajstić information content (AvgIpc) is 3.07. The maximum Gasteiger partial charge on any atom is 0.0928 e. The summed E-state index contributed by atoms with van der Waals surface area (Å²) in [6, 6.07) is 8.18. The van der Waals surface area contributed by atoms with Crippen LogP contribution in [0.1, 0.15) is 29.6 Å². The fourth-order valence-corrected chi connectivity index (χ4v) is 3.28. The Balaban J connectivity index is 1.89. The first-order valence-electron chi connectivity index (χ1n) is 6.92. The largest absolute Gasteiger partial charge is 0.392 e. The van der Waals surface area contributed by atoms with Crippen LogP contribution in [0.15, 0.2) is 35.8 Å². The monoisotopic (exact) mass is 286 g/mol. The van der Waals surface area contributed by atoms with Crippen LogP contribution in [0.25, 0.3) is 10.9 Å². The topological polar surface area (TPSA) is 38.0 Å². The molecule has 0 saturated carbocycles. The van der Waals surface area contributed by atoms with E-state index in [0.717, 1.165) is 36.2 Å². The average molecular weight is 286 g/mol. The highest BCUT2D eigenvalue weighted by atomic mass is 32.1. The van der Waals surface area contributed by atoms with Crippen molar-refractivity contribution in [2.45, 2.75) is 32.9 Å². The normalized spacial score (nSPS) is 11.3. The Hall–Kier alpha value is -1.65. The second kappa shape index (κ2) is 5.77. The van der Waals surface area contributed by atoms with E-state index >= 15 is 0 Å². The van der Waals surface area contributed by atoms with Gasteiger partial charge in [-0.1, -0.05) is 19.1 Å². The molecule has 4 heteroatoms. The van der Waals surface area contributed by atoms with Crippen LogP contribution in [-0.2, 0) is 19.6 Å². The van der Waals surface area contributed by atoms with Crippen molar-refractivity contribution < 1.29 is 5.11 Å². The minimum atomic E-state index is 0.0818. The number of aliphatic hydroxyl groups excluding tert-OH is 1. The van der Waals surface area contributed by atoms with Crippen LogP contribution >= 0.6 is 11.3 Å². The summed E-state index contributed by atoms with van der Waals surface area (Å²) in [6.45, 7) is 3.05. The van der Waals surface area contributed by atoms with Crippen molar-refractivity contribution in [1.29, 1.82) is 0 Å². The van der Waals surface area contributed by atoms with Crippen LogP contribution < -0.4 is 0 Å². The molecule has 1 N–H and O–H groups in total. The van der Waals surface area contributed by atoms with E-state index in [1.165, 1.54) is 10.4 Å². The molecule has 0 fully saturated rings. The number of benzene rings is 1. The van der Waals surface area contributed by atoms with Gasteiger partial charge < -0.3 is 9.67 Å². The SMILES string of the molecule is CCCc1nc(Cn2ccc3ccc(CO)cc32)cs1. The minimum Gasteiger partial charge on any atom is -0.392 e. The maximum atomic E-state index is 9.26. The molecule has 0 aliphatic carbocycles. The van der Waals surface area contributed by atoms with Gasteiger partial charge in [0.25, 0.3) is 0 Å². The standard InChI is InChI=1S/C16H18N2OS/c1-2-3-16-17-14(11-20-16)9-18-7-6-13-5-4-12(10-19)8-15(13)18/h4-8,11,19H,2-3,9-10H2,1H3. The van der Waals surface area contributed by atoms with Crippen LogP contribution in [0.5, 0.6) is 0 Å². The molecule has 2 heterocycles. The summed E-state index contributed by atoms with van der Waals surface area (Å²) in [6.07, 6.45) is 4.29. The molecule has 2 aromatic heterocycles. The van der Waals surface area contributed by atoms with Gasteiger partial charge in [-0.15, -0.1) is 11.3 Å². The van der Waals surface area contributed by atoms with E-state index in [-0.39, 0.29) is 6.61 Å². The first-order chi connectivity index (χ1) is 9.80. The highest BCUT2D eigenvalue weighted by Gasteiger charge is 2.06. The smallest absolute Gasteiger partial charge is 0.0928 e. The predicted molar refractivity (Wildman–Crippen MR) is 83.1 cm³/mol. The minimum absolute atomic E-state index is 0.0818. The van der Waals surface area contributed by atoms with Crippen molar-refractivity contribution in [3.8, 4) is 0 Å². The molecule has 0 atom stereocenters. The van der Waals surface area contributed by atoms with E-state index < -0.39 is 0 Å². The van der Waals surface area contributed by atoms with E-state index in [1.807, 2.05) is 6.07 Å². The molecular weight excluding hydrogens is 268 g/mol. The molecule has 1 aromatic carbocycles. The highest BCUT2D eigenvalue weighted by molar-refractivity contribution is 7.09. The second-order valence-electron chi connectivity index (χ2n) is 4.98. The molecule has 0 radical (unpaired) electrons. The Morgan fingerprint density at radius 2 is 2.20 bits per heavy atom. The summed E-state index contributed by atoms with van der Waals surface area (Å²) in [7, 11) is 0. The number of aromatic nitrogens is 2. The third kappa shape index (κ3) is 2.62. The maximum absolute atomic E-state index is 9.26. The first kappa shape index (κ1) is 13.3. The lowest BCUT2D eigenvalue weighted by molar-refractivity contribution is 0.282. The van der Waals surface area contributed by atoms with Crippen LogP contribution in [0, 0.1) is 0 Å². The fraction of sp³-hybridized carbons (Fsp3) is 0.312. The molecule has 0 saturated heterocycles. The van der Waals surface area contributed by atoms with E-state index in [0.29, 0.717) is 0 Å². The van der Waals surface area contributed by atoms with Gasteiger partial charge in [-0.3, -0.25) is 0 Å². The molecule has 3 aromatic rings. The summed E-state index contributed by atoms with van der Waals surface area (Å²) >= 11 is 1.74. The zero-order valence-electron chi connectivity index (χ0n) is 11.5. The van der Waals surface area contributed by atoms with Gasteiger partial charge in [0.05, 0.1) is 23.9 Å². The number of fused-ring (bicyclic) bond motifs is 1. The molecule has 0 bridgehead atoms. The van der Waals surface area contributed by atoms with Gasteiger partial charge in [-0.2, -0.15) is 0 Å². The summed E-state index contributed by atoms with van der Waals surface area (Å²) < 4.78 is 2.19. The van der Waals surface area contributed by atoms with Crippen molar-refractivity contribution in [1.82, 2.24) is 9.55 Å². The third-order valence-electron chi connectivity index (χ3n) is 3.42. The van der Waals surface area contributed by atoms with E-state index in [9.17, 15) is 5.11 Å². The van der Waals surface area contributed by atoms with Gasteiger partial charge in [0.15, 0.2) is 0 Å². The second-order valence-corrected chi connectivity index (χ2v) is 5.92. The Labute approximate surface area is 122 Å². The first-order valence-corrected chi connectivity index (χ1v) is 7.80. The molecule has 0 amide bonds. The lowest BCUT2D eigenvalue weighted by atomic mass is 10.2. The number of hydrogen-bond acceptors (Lipinski definition) is 3. The van der Waals surface area contributed by atoms with Crippen LogP contribution in [0.2, 0.25) is 0 Å². The Morgan fingerprint density at radius 1 is 1.30 bits per heavy atom.